The van der Waals surface area contributed by atoms with Gasteiger partial charge in [0.25, 0.3) is 5.91 Å². The molecule has 0 saturated carbocycles. The Balaban J connectivity index is 1.65. The van der Waals surface area contributed by atoms with Crippen molar-refractivity contribution in [3.8, 4) is 11.4 Å². The van der Waals surface area contributed by atoms with Gasteiger partial charge in [0.05, 0.1) is 5.56 Å². The molecule has 6 heteroatoms. The van der Waals surface area contributed by atoms with Crippen LogP contribution < -0.4 is 5.32 Å². The minimum absolute atomic E-state index is 0.263. The fourth-order valence-corrected chi connectivity index (χ4v) is 3.04. The van der Waals surface area contributed by atoms with Crippen LogP contribution in [0.25, 0.3) is 17.0 Å². The van der Waals surface area contributed by atoms with Gasteiger partial charge in [-0.05, 0) is 60.0 Å². The molecule has 1 N–H and O–H groups in total. The topological polar surface area (TPSA) is 59.3 Å². The molecule has 2 heterocycles. The Morgan fingerprint density at radius 2 is 1.71 bits per heavy atom. The van der Waals surface area contributed by atoms with Crippen molar-refractivity contribution in [1.82, 2.24) is 14.6 Å². The van der Waals surface area contributed by atoms with Gasteiger partial charge in [-0.3, -0.25) is 9.20 Å². The number of nitrogens with zero attached hydrogens (tertiary/aromatic N) is 3. The molecule has 4 rings (SSSR count). The third-order valence-corrected chi connectivity index (χ3v) is 4.62. The predicted molar refractivity (Wildman–Crippen MR) is 107 cm³/mol. The van der Waals surface area contributed by atoms with Crippen LogP contribution in [-0.2, 0) is 0 Å². The molecule has 0 saturated heterocycles. The molecule has 0 radical (unpaired) electrons. The molecule has 0 aliphatic carbocycles. The molecule has 0 atom stereocenters. The van der Waals surface area contributed by atoms with Crippen molar-refractivity contribution < 1.29 is 9.18 Å². The Bertz CT molecular complexity index is 1130. The quantitative estimate of drug-likeness (QED) is 0.552. The molecule has 5 nitrogen and oxygen atoms in total. The smallest absolute Gasteiger partial charge is 0.259 e. The van der Waals surface area contributed by atoms with Crippen molar-refractivity contribution >= 4 is 17.2 Å². The van der Waals surface area contributed by atoms with E-state index in [0.717, 1.165) is 11.3 Å². The van der Waals surface area contributed by atoms with Crippen molar-refractivity contribution in [3.63, 3.8) is 0 Å². The van der Waals surface area contributed by atoms with Crippen molar-refractivity contribution in [1.29, 1.82) is 0 Å². The summed E-state index contributed by atoms with van der Waals surface area (Å²) in [7, 11) is 0. The molecule has 1 amide bonds. The molecule has 0 aliphatic rings. The number of rotatable bonds is 4. The maximum atomic E-state index is 13.2. The van der Waals surface area contributed by atoms with E-state index in [0.29, 0.717) is 23.0 Å². The summed E-state index contributed by atoms with van der Waals surface area (Å²) in [5, 5.41) is 11.3. The number of anilines is 1. The number of carbonyl (C=O) groups excluding carboxylic acids is 1. The second kappa shape index (κ2) is 7.23. The SMILES string of the molecule is CC(C)c1ccc(NC(=O)c2cccn3c(-c4ccc(F)cc4)nnc23)cc1. The van der Waals surface area contributed by atoms with Gasteiger partial charge >= 0.3 is 0 Å². The standard InChI is InChI=1S/C22H19FN4O/c1-14(2)15-7-11-18(12-8-15)24-22(28)19-4-3-13-27-20(25-26-21(19)27)16-5-9-17(23)10-6-16/h3-14H,1-2H3,(H,24,28). The highest BCUT2D eigenvalue weighted by molar-refractivity contribution is 6.08. The van der Waals surface area contributed by atoms with Crippen LogP contribution in [0.4, 0.5) is 10.1 Å². The van der Waals surface area contributed by atoms with E-state index >= 15 is 0 Å². The molecular weight excluding hydrogens is 355 g/mol. The molecule has 2 aromatic heterocycles. The van der Waals surface area contributed by atoms with E-state index in [1.807, 2.05) is 24.3 Å². The monoisotopic (exact) mass is 374 g/mol. The summed E-state index contributed by atoms with van der Waals surface area (Å²) in [5.74, 6) is 0.396. The molecule has 140 valence electrons. The molecular formula is C22H19FN4O. The van der Waals surface area contributed by atoms with E-state index < -0.39 is 0 Å². The minimum atomic E-state index is -0.318. The van der Waals surface area contributed by atoms with Crippen LogP contribution in [0.3, 0.4) is 0 Å². The van der Waals surface area contributed by atoms with E-state index in [1.165, 1.54) is 17.7 Å². The number of carbonyl (C=O) groups is 1. The fourth-order valence-electron chi connectivity index (χ4n) is 3.04. The second-order valence-electron chi connectivity index (χ2n) is 6.88. The van der Waals surface area contributed by atoms with Gasteiger partial charge in [0, 0.05) is 17.4 Å². The van der Waals surface area contributed by atoms with Crippen molar-refractivity contribution in [2.45, 2.75) is 19.8 Å². The highest BCUT2D eigenvalue weighted by atomic mass is 19.1. The lowest BCUT2D eigenvalue weighted by Gasteiger charge is -2.09. The molecule has 4 aromatic rings. The minimum Gasteiger partial charge on any atom is -0.322 e. The Morgan fingerprint density at radius 3 is 2.39 bits per heavy atom. The summed E-state index contributed by atoms with van der Waals surface area (Å²) in [4.78, 5) is 12.8. The van der Waals surface area contributed by atoms with Gasteiger partial charge in [-0.1, -0.05) is 26.0 Å². The number of aromatic nitrogens is 3. The van der Waals surface area contributed by atoms with Gasteiger partial charge < -0.3 is 5.32 Å². The summed E-state index contributed by atoms with van der Waals surface area (Å²) < 4.78 is 14.9. The lowest BCUT2D eigenvalue weighted by Crippen LogP contribution is -2.13. The zero-order valence-corrected chi connectivity index (χ0v) is 15.6. The lowest BCUT2D eigenvalue weighted by atomic mass is 10.0. The van der Waals surface area contributed by atoms with Gasteiger partial charge in [0.1, 0.15) is 5.82 Å². The first-order valence-electron chi connectivity index (χ1n) is 9.04. The van der Waals surface area contributed by atoms with Crippen molar-refractivity contribution in [3.05, 3.63) is 83.8 Å². The Kier molecular flexibility index (Phi) is 4.61. The van der Waals surface area contributed by atoms with Gasteiger partial charge in [0.2, 0.25) is 0 Å². The Labute approximate surface area is 161 Å². The number of hydrogen-bond acceptors (Lipinski definition) is 3. The van der Waals surface area contributed by atoms with E-state index in [-0.39, 0.29) is 11.7 Å². The number of nitrogens with one attached hydrogen (secondary N) is 1. The van der Waals surface area contributed by atoms with Crippen LogP contribution >= 0.6 is 0 Å². The highest BCUT2D eigenvalue weighted by Gasteiger charge is 2.16. The number of fused-ring (bicyclic) bond motifs is 1. The van der Waals surface area contributed by atoms with Gasteiger partial charge in [0.15, 0.2) is 11.5 Å². The van der Waals surface area contributed by atoms with Crippen LogP contribution in [-0.4, -0.2) is 20.5 Å². The van der Waals surface area contributed by atoms with Crippen LogP contribution in [0.5, 0.6) is 0 Å². The molecule has 0 unspecified atom stereocenters. The zero-order chi connectivity index (χ0) is 19.7. The van der Waals surface area contributed by atoms with Crippen molar-refractivity contribution in [2.24, 2.45) is 0 Å². The molecule has 2 aromatic carbocycles. The fraction of sp³-hybridized carbons (Fsp3) is 0.136. The Hall–Kier alpha value is -3.54. The van der Waals surface area contributed by atoms with Crippen LogP contribution in [0.2, 0.25) is 0 Å². The van der Waals surface area contributed by atoms with Crippen LogP contribution in [0.15, 0.2) is 66.9 Å². The summed E-state index contributed by atoms with van der Waals surface area (Å²) in [6.07, 6.45) is 1.78. The van der Waals surface area contributed by atoms with Crippen LogP contribution in [0.1, 0.15) is 35.7 Å². The first-order chi connectivity index (χ1) is 13.5. The summed E-state index contributed by atoms with van der Waals surface area (Å²) in [5.41, 5.74) is 3.50. The van der Waals surface area contributed by atoms with E-state index in [9.17, 15) is 9.18 Å². The molecule has 28 heavy (non-hydrogen) atoms. The first-order valence-corrected chi connectivity index (χ1v) is 9.04. The largest absolute Gasteiger partial charge is 0.322 e. The third kappa shape index (κ3) is 3.36. The van der Waals surface area contributed by atoms with Gasteiger partial charge in [-0.25, -0.2) is 4.39 Å². The third-order valence-electron chi connectivity index (χ3n) is 4.62. The Morgan fingerprint density at radius 1 is 1.00 bits per heavy atom. The highest BCUT2D eigenvalue weighted by Crippen LogP contribution is 2.22. The molecule has 0 fully saturated rings. The van der Waals surface area contributed by atoms with Crippen LogP contribution in [0, 0.1) is 5.82 Å². The summed E-state index contributed by atoms with van der Waals surface area (Å²) in [6, 6.07) is 17.3. The second-order valence-corrected chi connectivity index (χ2v) is 6.88. The predicted octanol–water partition coefficient (Wildman–Crippen LogP) is 4.91. The number of benzene rings is 2. The van der Waals surface area contributed by atoms with Gasteiger partial charge in [-0.2, -0.15) is 0 Å². The number of halogens is 1. The van der Waals surface area contributed by atoms with Gasteiger partial charge in [-0.15, -0.1) is 10.2 Å². The average Bonchev–Trinajstić information content (AvgIpc) is 3.13. The van der Waals surface area contributed by atoms with E-state index in [4.69, 9.17) is 0 Å². The summed E-state index contributed by atoms with van der Waals surface area (Å²) in [6.45, 7) is 4.25. The van der Waals surface area contributed by atoms with E-state index in [1.54, 1.807) is 34.9 Å². The maximum Gasteiger partial charge on any atom is 0.259 e. The van der Waals surface area contributed by atoms with Crippen molar-refractivity contribution in [2.75, 3.05) is 5.32 Å². The molecule has 0 spiro atoms. The maximum absolute atomic E-state index is 13.2. The summed E-state index contributed by atoms with van der Waals surface area (Å²) >= 11 is 0. The number of pyridine rings is 1. The molecule has 0 aliphatic heterocycles. The first kappa shape index (κ1) is 17.9. The van der Waals surface area contributed by atoms with E-state index in [2.05, 4.69) is 29.4 Å². The normalized spacial score (nSPS) is 11.1. The average molecular weight is 374 g/mol. The molecule has 0 bridgehead atoms. The zero-order valence-electron chi connectivity index (χ0n) is 15.6. The number of hydrogen-bond donors (Lipinski definition) is 1. The number of amides is 1. The lowest BCUT2D eigenvalue weighted by molar-refractivity contribution is 0.102.